The van der Waals surface area contributed by atoms with Gasteiger partial charge in [0.1, 0.15) is 40.8 Å². The molecule has 0 aliphatic carbocycles. The molecule has 1 aromatic carbocycles. The number of benzene rings is 1. The third-order valence-corrected chi connectivity index (χ3v) is 7.06. The van der Waals surface area contributed by atoms with E-state index in [1.165, 1.54) is 28.7 Å². The maximum atomic E-state index is 14.4. The van der Waals surface area contributed by atoms with E-state index < -0.39 is 24.0 Å². The number of amides is 2. The van der Waals surface area contributed by atoms with Crippen molar-refractivity contribution in [2.75, 3.05) is 11.9 Å². The number of rotatable bonds is 6. The van der Waals surface area contributed by atoms with E-state index >= 15 is 0 Å². The number of aromatic nitrogens is 4. The third-order valence-electron chi connectivity index (χ3n) is 6.61. The summed E-state index contributed by atoms with van der Waals surface area (Å²) >= 11 is 3.24. The number of carbonyl (C=O) groups excluding carboxylic acids is 3. The van der Waals surface area contributed by atoms with Crippen LogP contribution < -0.4 is 5.32 Å². The van der Waals surface area contributed by atoms with Crippen molar-refractivity contribution in [3.63, 3.8) is 0 Å². The number of nitrogens with one attached hydrogen (secondary N) is 1. The maximum Gasteiger partial charge on any atom is 0.248 e. The van der Waals surface area contributed by atoms with Crippen molar-refractivity contribution in [1.82, 2.24) is 24.4 Å². The number of aryl methyl sites for hydroxylation is 1. The molecule has 200 valence electrons. The van der Waals surface area contributed by atoms with E-state index in [2.05, 4.69) is 36.2 Å². The number of hydrogen-bond donors (Lipinski definition) is 2. The number of halogens is 2. The lowest BCUT2D eigenvalue weighted by molar-refractivity contribution is -0.137. The monoisotopic (exact) mass is 594 g/mol. The quantitative estimate of drug-likeness (QED) is 0.254. The molecule has 0 radical (unpaired) electrons. The Morgan fingerprint density at radius 2 is 1.95 bits per heavy atom. The summed E-state index contributed by atoms with van der Waals surface area (Å²) in [6, 6.07) is 7.09. The highest BCUT2D eigenvalue weighted by Crippen LogP contribution is 2.35. The second-order valence-corrected chi connectivity index (χ2v) is 10.2. The van der Waals surface area contributed by atoms with Gasteiger partial charge >= 0.3 is 0 Å². The Hall–Kier alpha value is -4.19. The van der Waals surface area contributed by atoms with Crippen molar-refractivity contribution < 1.29 is 23.9 Å². The lowest BCUT2D eigenvalue weighted by Crippen LogP contribution is -2.44. The van der Waals surface area contributed by atoms with Crippen molar-refractivity contribution in [3.8, 4) is 16.9 Å². The molecule has 1 aliphatic rings. The molecule has 5 rings (SSSR count). The van der Waals surface area contributed by atoms with Crippen LogP contribution in [0.5, 0.6) is 5.75 Å². The Bertz CT molecular complexity index is 1610. The fraction of sp³-hybridized carbons (Fsp3) is 0.259. The summed E-state index contributed by atoms with van der Waals surface area (Å²) in [7, 11) is 0. The number of anilines is 1. The van der Waals surface area contributed by atoms with Gasteiger partial charge in [-0.05, 0) is 48.0 Å². The predicted octanol–water partition coefficient (Wildman–Crippen LogP) is 4.05. The van der Waals surface area contributed by atoms with Gasteiger partial charge in [-0.1, -0.05) is 6.07 Å². The number of aromatic hydroxyl groups is 1. The normalized spacial score (nSPS) is 17.0. The van der Waals surface area contributed by atoms with Crippen LogP contribution in [0.15, 0.2) is 53.5 Å². The zero-order valence-corrected chi connectivity index (χ0v) is 22.6. The molecular weight excluding hydrogens is 571 g/mol. The van der Waals surface area contributed by atoms with Crippen LogP contribution in [0.25, 0.3) is 22.0 Å². The minimum atomic E-state index is -1.36. The number of ketones is 1. The molecule has 4 aromatic rings. The second-order valence-electron chi connectivity index (χ2n) is 9.36. The fourth-order valence-electron chi connectivity index (χ4n) is 4.73. The zero-order valence-electron chi connectivity index (χ0n) is 21.1. The van der Waals surface area contributed by atoms with Gasteiger partial charge in [-0.25, -0.2) is 19.3 Å². The summed E-state index contributed by atoms with van der Waals surface area (Å²) < 4.78 is 16.5. The number of phenols is 1. The molecule has 10 nitrogen and oxygen atoms in total. The lowest BCUT2D eigenvalue weighted by atomic mass is 10.0. The summed E-state index contributed by atoms with van der Waals surface area (Å²) in [6.07, 6.45) is 3.18. The van der Waals surface area contributed by atoms with Crippen molar-refractivity contribution in [2.24, 2.45) is 0 Å². The van der Waals surface area contributed by atoms with E-state index in [9.17, 15) is 23.9 Å². The van der Waals surface area contributed by atoms with E-state index in [4.69, 9.17) is 0 Å². The van der Waals surface area contributed by atoms with Crippen LogP contribution in [0.2, 0.25) is 0 Å². The molecule has 0 saturated carbocycles. The Morgan fingerprint density at radius 1 is 1.21 bits per heavy atom. The highest BCUT2D eigenvalue weighted by molar-refractivity contribution is 9.10. The van der Waals surface area contributed by atoms with E-state index in [-0.39, 0.29) is 36.9 Å². The van der Waals surface area contributed by atoms with Crippen LogP contribution in [0.1, 0.15) is 29.5 Å². The van der Waals surface area contributed by atoms with Gasteiger partial charge in [0.25, 0.3) is 0 Å². The number of pyridine rings is 1. The SMILES string of the molecule is CC(=O)c1cn(CC(=O)N2C[C@H](F)C[C@H]2C(=O)Nc2cccc(Br)n2)c2cc(O)c(-c3cnc(C)nc3)cc12. The number of carbonyl (C=O) groups is 3. The summed E-state index contributed by atoms with van der Waals surface area (Å²) in [5.74, 6) is -0.506. The Kier molecular flexibility index (Phi) is 7.13. The first-order chi connectivity index (χ1) is 18.6. The first-order valence-corrected chi connectivity index (χ1v) is 12.9. The average molecular weight is 595 g/mol. The molecule has 1 saturated heterocycles. The average Bonchev–Trinajstić information content (AvgIpc) is 3.45. The van der Waals surface area contributed by atoms with Gasteiger partial charge in [-0.15, -0.1) is 0 Å². The Balaban J connectivity index is 1.44. The summed E-state index contributed by atoms with van der Waals surface area (Å²) in [5.41, 5.74) is 1.80. The highest BCUT2D eigenvalue weighted by atomic mass is 79.9. The first kappa shape index (κ1) is 26.4. The number of alkyl halides is 1. The van der Waals surface area contributed by atoms with Crippen molar-refractivity contribution in [2.45, 2.75) is 39.0 Å². The Morgan fingerprint density at radius 3 is 2.64 bits per heavy atom. The van der Waals surface area contributed by atoms with Crippen LogP contribution in [0.4, 0.5) is 10.2 Å². The van der Waals surface area contributed by atoms with Gasteiger partial charge in [0, 0.05) is 53.2 Å². The van der Waals surface area contributed by atoms with Gasteiger partial charge < -0.3 is 19.9 Å². The van der Waals surface area contributed by atoms with E-state index in [1.54, 1.807) is 43.6 Å². The fourth-order valence-corrected chi connectivity index (χ4v) is 5.08. The molecule has 2 amide bonds. The zero-order chi connectivity index (χ0) is 27.8. The van der Waals surface area contributed by atoms with E-state index in [0.29, 0.717) is 38.0 Å². The molecule has 1 fully saturated rings. The van der Waals surface area contributed by atoms with Gasteiger partial charge in [0.15, 0.2) is 5.78 Å². The molecule has 0 unspecified atom stereocenters. The van der Waals surface area contributed by atoms with Crippen LogP contribution in [0.3, 0.4) is 0 Å². The van der Waals surface area contributed by atoms with Gasteiger partial charge in [-0.3, -0.25) is 14.4 Å². The van der Waals surface area contributed by atoms with Gasteiger partial charge in [0.05, 0.1) is 12.1 Å². The minimum absolute atomic E-state index is 0.0828. The van der Waals surface area contributed by atoms with Crippen LogP contribution in [-0.2, 0) is 16.1 Å². The molecule has 39 heavy (non-hydrogen) atoms. The van der Waals surface area contributed by atoms with Crippen molar-refractivity contribution in [3.05, 3.63) is 64.9 Å². The van der Waals surface area contributed by atoms with E-state index in [0.717, 1.165) is 0 Å². The molecule has 12 heteroatoms. The Labute approximate surface area is 231 Å². The highest BCUT2D eigenvalue weighted by Gasteiger charge is 2.40. The maximum absolute atomic E-state index is 14.4. The smallest absolute Gasteiger partial charge is 0.248 e. The molecule has 1 aliphatic heterocycles. The molecule has 0 spiro atoms. The molecule has 3 aromatic heterocycles. The van der Waals surface area contributed by atoms with Crippen LogP contribution >= 0.6 is 15.9 Å². The standard InChI is InChI=1S/C27H24BrFN6O4/c1-14(36)20-12-34(21-8-23(37)18(7-19(20)21)16-9-30-15(2)31-10-16)13-26(38)35-11-17(29)6-22(35)27(39)33-25-5-3-4-24(28)32-25/h3-5,7-10,12,17,22,37H,6,11,13H2,1-2H3,(H,32,33,39)/t17-,22+/m1/s1. The topological polar surface area (TPSA) is 130 Å². The largest absolute Gasteiger partial charge is 0.507 e. The number of nitrogens with zero attached hydrogens (tertiary/aromatic N) is 5. The predicted molar refractivity (Wildman–Crippen MR) is 145 cm³/mol. The van der Waals surface area contributed by atoms with Crippen LogP contribution in [-0.4, -0.2) is 65.9 Å². The summed E-state index contributed by atoms with van der Waals surface area (Å²) in [5, 5.41) is 14.0. The van der Waals surface area contributed by atoms with Gasteiger partial charge in [-0.2, -0.15) is 0 Å². The van der Waals surface area contributed by atoms with Crippen molar-refractivity contribution >= 4 is 50.2 Å². The number of fused-ring (bicyclic) bond motifs is 1. The van der Waals surface area contributed by atoms with Crippen LogP contribution in [0, 0.1) is 6.92 Å². The molecular formula is C27H24BrFN6O4. The second kappa shape index (κ2) is 10.5. The molecule has 0 bridgehead atoms. The summed E-state index contributed by atoms with van der Waals surface area (Å²) in [6.45, 7) is 2.66. The van der Waals surface area contributed by atoms with Crippen molar-refractivity contribution in [1.29, 1.82) is 0 Å². The van der Waals surface area contributed by atoms with E-state index in [1.807, 2.05) is 0 Å². The number of likely N-dealkylation sites (tertiary alicyclic amines) is 1. The lowest BCUT2D eigenvalue weighted by Gasteiger charge is -2.24. The number of hydrogen-bond acceptors (Lipinski definition) is 7. The molecule has 2 atom stereocenters. The molecule has 4 heterocycles. The molecule has 2 N–H and O–H groups in total. The number of phenolic OH excluding ortho intramolecular Hbond substituents is 1. The van der Waals surface area contributed by atoms with Gasteiger partial charge in [0.2, 0.25) is 11.8 Å². The minimum Gasteiger partial charge on any atom is -0.507 e. The summed E-state index contributed by atoms with van der Waals surface area (Å²) in [4.78, 5) is 52.5. The number of Topliss-reactive ketones (excluding diaryl/α,β-unsaturated/α-hetero) is 1. The first-order valence-electron chi connectivity index (χ1n) is 12.1. The third kappa shape index (κ3) is 5.37.